The van der Waals surface area contributed by atoms with Crippen molar-refractivity contribution in [1.82, 2.24) is 19.4 Å². The average Bonchev–Trinajstić information content (AvgIpc) is 2.87. The van der Waals surface area contributed by atoms with Gasteiger partial charge in [0.25, 0.3) is 5.56 Å². The number of benzene rings is 1. The van der Waals surface area contributed by atoms with Crippen molar-refractivity contribution in [2.75, 3.05) is 19.6 Å². The number of ether oxygens (including phenoxy) is 1. The zero-order valence-corrected chi connectivity index (χ0v) is 17.7. The molecule has 1 N–H and O–H groups in total. The fourth-order valence-corrected chi connectivity index (χ4v) is 4.27. The van der Waals surface area contributed by atoms with E-state index in [4.69, 9.17) is 4.74 Å². The summed E-state index contributed by atoms with van der Waals surface area (Å²) in [5.74, 6) is 0.583. The third-order valence-corrected chi connectivity index (χ3v) is 6.06. The number of nitrogens with one attached hydrogen (secondary N) is 1. The van der Waals surface area contributed by atoms with Crippen LogP contribution in [-0.2, 0) is 22.7 Å². The lowest BCUT2D eigenvalue weighted by Crippen LogP contribution is -2.55. The van der Waals surface area contributed by atoms with E-state index in [1.165, 1.54) is 16.8 Å². The molecule has 1 fully saturated rings. The Hall–Kier alpha value is -3.36. The van der Waals surface area contributed by atoms with Gasteiger partial charge in [0.15, 0.2) is 0 Å². The van der Waals surface area contributed by atoms with Crippen molar-refractivity contribution in [3.63, 3.8) is 0 Å². The van der Waals surface area contributed by atoms with E-state index >= 15 is 0 Å². The molecule has 0 radical (unpaired) electrons. The second kappa shape index (κ2) is 8.05. The molecule has 1 saturated heterocycles. The summed E-state index contributed by atoms with van der Waals surface area (Å²) < 4.78 is 7.66. The highest BCUT2D eigenvalue weighted by Gasteiger charge is 2.42. The topological polar surface area (TPSA) is 105 Å². The molecule has 2 aromatic rings. The Bertz CT molecular complexity index is 1130. The van der Waals surface area contributed by atoms with E-state index in [1.807, 2.05) is 30.0 Å². The lowest BCUT2D eigenvalue weighted by Gasteiger charge is -2.42. The lowest BCUT2D eigenvalue weighted by atomic mass is 9.90. The molecule has 1 aromatic carbocycles. The largest absolute Gasteiger partial charge is 0.485 e. The SMILES string of the molecule is CC(=O)N1Cc2cc(C)ccc2OC2(CCN(C(=O)Cn3ccc(=O)[nH]c3=O)CC2)C1. The minimum absolute atomic E-state index is 0.00622. The van der Waals surface area contributed by atoms with Crippen molar-refractivity contribution in [3.8, 4) is 5.75 Å². The molecule has 0 saturated carbocycles. The maximum absolute atomic E-state index is 12.7. The molecule has 0 unspecified atom stereocenters. The van der Waals surface area contributed by atoms with Crippen LogP contribution in [0.1, 0.15) is 30.9 Å². The maximum atomic E-state index is 12.7. The number of amides is 2. The van der Waals surface area contributed by atoms with Crippen LogP contribution in [0.4, 0.5) is 0 Å². The molecule has 1 aromatic heterocycles. The lowest BCUT2D eigenvalue weighted by molar-refractivity contribution is -0.139. The Kier molecular flexibility index (Phi) is 5.43. The van der Waals surface area contributed by atoms with E-state index in [-0.39, 0.29) is 18.4 Å². The van der Waals surface area contributed by atoms with E-state index in [0.717, 1.165) is 16.9 Å². The molecule has 9 heteroatoms. The second-order valence-corrected chi connectivity index (χ2v) is 8.39. The smallest absolute Gasteiger partial charge is 0.328 e. The number of piperidine rings is 1. The number of hydrogen-bond acceptors (Lipinski definition) is 5. The molecule has 3 heterocycles. The zero-order valence-electron chi connectivity index (χ0n) is 17.7. The first kappa shape index (κ1) is 20.9. The van der Waals surface area contributed by atoms with Crippen LogP contribution in [0.5, 0.6) is 5.75 Å². The molecule has 1 spiro atoms. The summed E-state index contributed by atoms with van der Waals surface area (Å²) in [4.78, 5) is 53.7. The Morgan fingerprint density at radius 2 is 1.87 bits per heavy atom. The summed E-state index contributed by atoms with van der Waals surface area (Å²) in [5, 5.41) is 0. The monoisotopic (exact) mass is 426 g/mol. The predicted octanol–water partition coefficient (Wildman–Crippen LogP) is 0.647. The molecule has 0 bridgehead atoms. The molecule has 2 aliphatic rings. The summed E-state index contributed by atoms with van der Waals surface area (Å²) in [6, 6.07) is 7.21. The van der Waals surface area contributed by atoms with Gasteiger partial charge < -0.3 is 14.5 Å². The van der Waals surface area contributed by atoms with Gasteiger partial charge >= 0.3 is 5.69 Å². The zero-order chi connectivity index (χ0) is 22.2. The first-order valence-electron chi connectivity index (χ1n) is 10.4. The number of hydrogen-bond donors (Lipinski definition) is 1. The number of H-pyrrole nitrogens is 1. The van der Waals surface area contributed by atoms with Crippen molar-refractivity contribution in [2.24, 2.45) is 0 Å². The van der Waals surface area contributed by atoms with Crippen molar-refractivity contribution in [1.29, 1.82) is 0 Å². The number of aromatic amines is 1. The number of aromatic nitrogens is 2. The van der Waals surface area contributed by atoms with Crippen LogP contribution in [0.2, 0.25) is 0 Å². The van der Waals surface area contributed by atoms with Crippen molar-refractivity contribution in [3.05, 3.63) is 62.4 Å². The maximum Gasteiger partial charge on any atom is 0.328 e. The van der Waals surface area contributed by atoms with Crippen molar-refractivity contribution < 1.29 is 14.3 Å². The van der Waals surface area contributed by atoms with E-state index in [0.29, 0.717) is 39.0 Å². The number of rotatable bonds is 2. The number of likely N-dealkylation sites (tertiary alicyclic amines) is 1. The fourth-order valence-electron chi connectivity index (χ4n) is 4.27. The summed E-state index contributed by atoms with van der Waals surface area (Å²) in [6.07, 6.45) is 2.48. The average molecular weight is 426 g/mol. The molecule has 9 nitrogen and oxygen atoms in total. The van der Waals surface area contributed by atoms with Crippen LogP contribution >= 0.6 is 0 Å². The van der Waals surface area contributed by atoms with Crippen LogP contribution in [0, 0.1) is 6.92 Å². The van der Waals surface area contributed by atoms with Gasteiger partial charge in [-0.1, -0.05) is 17.7 Å². The van der Waals surface area contributed by atoms with Gasteiger partial charge in [0.05, 0.1) is 6.54 Å². The molecular weight excluding hydrogens is 400 g/mol. The minimum Gasteiger partial charge on any atom is -0.485 e. The quantitative estimate of drug-likeness (QED) is 0.759. The Labute approximate surface area is 179 Å². The van der Waals surface area contributed by atoms with Gasteiger partial charge in [-0.2, -0.15) is 0 Å². The Morgan fingerprint density at radius 3 is 2.55 bits per heavy atom. The molecular formula is C22H26N4O5. The van der Waals surface area contributed by atoms with Crippen LogP contribution in [-0.4, -0.2) is 56.4 Å². The van der Waals surface area contributed by atoms with E-state index in [9.17, 15) is 19.2 Å². The van der Waals surface area contributed by atoms with Gasteiger partial charge in [-0.15, -0.1) is 0 Å². The summed E-state index contributed by atoms with van der Waals surface area (Å²) in [6.45, 7) is 5.34. The summed E-state index contributed by atoms with van der Waals surface area (Å²) in [5.41, 5.74) is 0.440. The van der Waals surface area contributed by atoms with Crippen LogP contribution in [0.3, 0.4) is 0 Å². The second-order valence-electron chi connectivity index (χ2n) is 8.39. The molecule has 2 amide bonds. The Balaban J connectivity index is 1.49. The number of carbonyl (C=O) groups is 2. The highest BCUT2D eigenvalue weighted by molar-refractivity contribution is 5.76. The van der Waals surface area contributed by atoms with Gasteiger partial charge in [0, 0.05) is 57.2 Å². The summed E-state index contributed by atoms with van der Waals surface area (Å²) >= 11 is 0. The molecule has 4 rings (SSSR count). The highest BCUT2D eigenvalue weighted by Crippen LogP contribution is 2.36. The third kappa shape index (κ3) is 4.40. The van der Waals surface area contributed by atoms with Gasteiger partial charge in [-0.3, -0.25) is 23.9 Å². The molecule has 31 heavy (non-hydrogen) atoms. The van der Waals surface area contributed by atoms with Gasteiger partial charge in [0.2, 0.25) is 11.8 Å². The normalized spacial score (nSPS) is 17.6. The molecule has 0 aliphatic carbocycles. The van der Waals surface area contributed by atoms with Gasteiger partial charge in [0.1, 0.15) is 17.9 Å². The molecule has 2 aliphatic heterocycles. The van der Waals surface area contributed by atoms with Crippen LogP contribution in [0.15, 0.2) is 40.1 Å². The standard InChI is InChI=1S/C22H26N4O5/c1-15-3-4-18-17(11-15)12-26(16(2)27)14-22(31-18)6-9-24(10-7-22)20(29)13-25-8-5-19(28)23-21(25)30/h3-5,8,11H,6-7,9-10,12-14H2,1-2H3,(H,23,28,30). The Morgan fingerprint density at radius 1 is 1.13 bits per heavy atom. The van der Waals surface area contributed by atoms with Crippen molar-refractivity contribution in [2.45, 2.75) is 45.4 Å². The van der Waals surface area contributed by atoms with E-state index in [1.54, 1.807) is 11.8 Å². The molecule has 0 atom stereocenters. The number of nitrogens with zero attached hydrogens (tertiary/aromatic N) is 3. The summed E-state index contributed by atoms with van der Waals surface area (Å²) in [7, 11) is 0. The predicted molar refractivity (Wildman–Crippen MR) is 113 cm³/mol. The van der Waals surface area contributed by atoms with Crippen molar-refractivity contribution >= 4 is 11.8 Å². The fraction of sp³-hybridized carbons (Fsp3) is 0.455. The van der Waals surface area contributed by atoms with Gasteiger partial charge in [-0.05, 0) is 13.0 Å². The third-order valence-electron chi connectivity index (χ3n) is 6.06. The van der Waals surface area contributed by atoms with Gasteiger partial charge in [-0.25, -0.2) is 4.79 Å². The number of fused-ring (bicyclic) bond motifs is 1. The highest BCUT2D eigenvalue weighted by atomic mass is 16.5. The van der Waals surface area contributed by atoms with E-state index in [2.05, 4.69) is 4.98 Å². The minimum atomic E-state index is -0.606. The molecule has 164 valence electrons. The van der Waals surface area contributed by atoms with Crippen LogP contribution < -0.4 is 16.0 Å². The van der Waals surface area contributed by atoms with Crippen LogP contribution in [0.25, 0.3) is 0 Å². The number of carbonyl (C=O) groups excluding carboxylic acids is 2. The first-order chi connectivity index (χ1) is 14.7. The first-order valence-corrected chi connectivity index (χ1v) is 10.4. The van der Waals surface area contributed by atoms with E-state index < -0.39 is 16.9 Å². The number of aryl methyl sites for hydroxylation is 1.